The third-order valence-electron chi connectivity index (χ3n) is 4.52. The Balaban J connectivity index is 2.03. The zero-order valence-corrected chi connectivity index (χ0v) is 16.9. The summed E-state index contributed by atoms with van der Waals surface area (Å²) in [5.41, 5.74) is 0. The van der Waals surface area contributed by atoms with Gasteiger partial charge in [0.2, 0.25) is 0 Å². The minimum Gasteiger partial charge on any atom is -0.497 e. The second-order valence-corrected chi connectivity index (χ2v) is 7.09. The Hall–Kier alpha value is -1.55. The number of rotatable bonds is 14. The van der Waals surface area contributed by atoms with Crippen LogP contribution in [0.2, 0.25) is 5.02 Å². The normalized spacial score (nSPS) is 10.8. The van der Waals surface area contributed by atoms with E-state index in [1.165, 1.54) is 26.7 Å². The fourth-order valence-corrected chi connectivity index (χ4v) is 3.16. The summed E-state index contributed by atoms with van der Waals surface area (Å²) in [5, 5.41) is 0.568. The van der Waals surface area contributed by atoms with E-state index < -0.39 is 5.92 Å². The van der Waals surface area contributed by atoms with Gasteiger partial charge in [0.15, 0.2) is 0 Å². The Bertz CT molecular complexity index is 557. The van der Waals surface area contributed by atoms with E-state index in [-0.39, 0.29) is 11.6 Å². The van der Waals surface area contributed by atoms with E-state index >= 15 is 0 Å². The van der Waals surface area contributed by atoms with E-state index in [2.05, 4.69) is 0 Å². The average Bonchev–Trinajstić information content (AvgIpc) is 2.59. The van der Waals surface area contributed by atoms with Gasteiger partial charge in [0.1, 0.15) is 23.1 Å². The number of carbonyl (C=O) groups excluding carboxylic acids is 2. The van der Waals surface area contributed by atoms with Crippen LogP contribution in [0.5, 0.6) is 11.5 Å². The van der Waals surface area contributed by atoms with Crippen LogP contribution < -0.4 is 9.47 Å². The molecule has 5 heteroatoms. The van der Waals surface area contributed by atoms with Crippen molar-refractivity contribution in [3.8, 4) is 11.5 Å². The first-order valence-electron chi connectivity index (χ1n) is 9.43. The summed E-state index contributed by atoms with van der Waals surface area (Å²) in [7, 11) is 1.61. The van der Waals surface area contributed by atoms with Gasteiger partial charge >= 0.3 is 0 Å². The first kappa shape index (κ1) is 22.5. The first-order valence-corrected chi connectivity index (χ1v) is 9.80. The smallest absolute Gasteiger partial charge is 0.140 e. The molecule has 0 saturated carbocycles. The maximum absolute atomic E-state index is 11.4. The van der Waals surface area contributed by atoms with E-state index in [1.807, 2.05) is 12.1 Å². The molecule has 0 radical (unpaired) electrons. The molecule has 0 unspecified atom stereocenters. The lowest BCUT2D eigenvalue weighted by Crippen LogP contribution is -2.19. The SMILES string of the molecule is COc1ccc(OCCCCCCCCCC(C(C)=O)C(C)=O)c(Cl)c1. The van der Waals surface area contributed by atoms with Gasteiger partial charge < -0.3 is 9.47 Å². The zero-order valence-electron chi connectivity index (χ0n) is 16.2. The summed E-state index contributed by atoms with van der Waals surface area (Å²) in [6.07, 6.45) is 8.33. The lowest BCUT2D eigenvalue weighted by Gasteiger charge is -2.10. The van der Waals surface area contributed by atoms with Crippen LogP contribution in [0.4, 0.5) is 0 Å². The molecule has 0 aliphatic carbocycles. The molecule has 0 aliphatic rings. The second-order valence-electron chi connectivity index (χ2n) is 6.68. The monoisotopic (exact) mass is 382 g/mol. The molecule has 1 aromatic carbocycles. The van der Waals surface area contributed by atoms with Crippen LogP contribution in [-0.4, -0.2) is 25.3 Å². The maximum Gasteiger partial charge on any atom is 0.140 e. The minimum absolute atomic E-state index is 0.00513. The van der Waals surface area contributed by atoms with Gasteiger partial charge in [-0.3, -0.25) is 9.59 Å². The van der Waals surface area contributed by atoms with E-state index in [0.717, 1.165) is 37.9 Å². The Morgan fingerprint density at radius 3 is 2.08 bits per heavy atom. The molecule has 0 N–H and O–H groups in total. The number of halogens is 1. The summed E-state index contributed by atoms with van der Waals surface area (Å²) < 4.78 is 10.8. The molecule has 0 fully saturated rings. The van der Waals surface area contributed by atoms with E-state index in [4.69, 9.17) is 21.1 Å². The summed E-state index contributed by atoms with van der Waals surface area (Å²) in [4.78, 5) is 22.7. The van der Waals surface area contributed by atoms with Crippen molar-refractivity contribution in [3.63, 3.8) is 0 Å². The van der Waals surface area contributed by atoms with Gasteiger partial charge in [-0.1, -0.05) is 50.1 Å². The van der Waals surface area contributed by atoms with Crippen LogP contribution in [-0.2, 0) is 9.59 Å². The molecule has 26 heavy (non-hydrogen) atoms. The Labute approximate surface area is 162 Å². The van der Waals surface area contributed by atoms with Crippen molar-refractivity contribution in [2.75, 3.05) is 13.7 Å². The number of hydrogen-bond acceptors (Lipinski definition) is 4. The maximum atomic E-state index is 11.4. The first-order chi connectivity index (χ1) is 12.5. The summed E-state index contributed by atoms with van der Waals surface area (Å²) in [5.74, 6) is 1.01. The zero-order chi connectivity index (χ0) is 19.4. The van der Waals surface area contributed by atoms with Gasteiger partial charge in [-0.25, -0.2) is 0 Å². The predicted molar refractivity (Wildman–Crippen MR) is 105 cm³/mol. The van der Waals surface area contributed by atoms with Crippen molar-refractivity contribution in [3.05, 3.63) is 23.2 Å². The number of Topliss-reactive ketones (excluding diaryl/α,β-unsaturated/α-hetero) is 2. The fraction of sp³-hybridized carbons (Fsp3) is 0.619. The average molecular weight is 383 g/mol. The van der Waals surface area contributed by atoms with Crippen LogP contribution in [0.25, 0.3) is 0 Å². The van der Waals surface area contributed by atoms with Crippen molar-refractivity contribution in [2.45, 2.75) is 65.2 Å². The summed E-state index contributed by atoms with van der Waals surface area (Å²) in [6.45, 7) is 3.67. The highest BCUT2D eigenvalue weighted by atomic mass is 35.5. The van der Waals surface area contributed by atoms with Gasteiger partial charge in [0.25, 0.3) is 0 Å². The fourth-order valence-electron chi connectivity index (χ4n) is 2.93. The number of hydrogen-bond donors (Lipinski definition) is 0. The number of carbonyl (C=O) groups is 2. The Morgan fingerprint density at radius 1 is 0.962 bits per heavy atom. The molecule has 0 aliphatic heterocycles. The number of methoxy groups -OCH3 is 1. The molecule has 0 saturated heterocycles. The number of ether oxygens (including phenoxy) is 2. The van der Waals surface area contributed by atoms with Crippen molar-refractivity contribution in [1.82, 2.24) is 0 Å². The minimum atomic E-state index is -0.392. The van der Waals surface area contributed by atoms with E-state index in [1.54, 1.807) is 13.2 Å². The Kier molecular flexibility index (Phi) is 11.0. The molecule has 1 aromatic rings. The van der Waals surface area contributed by atoms with Crippen molar-refractivity contribution in [2.24, 2.45) is 5.92 Å². The number of unbranched alkanes of at least 4 members (excludes halogenated alkanes) is 6. The van der Waals surface area contributed by atoms with Gasteiger partial charge in [0, 0.05) is 6.07 Å². The quantitative estimate of drug-likeness (QED) is 0.308. The molecular weight excluding hydrogens is 352 g/mol. The topological polar surface area (TPSA) is 52.6 Å². The molecule has 0 amide bonds. The molecular formula is C21H31ClO4. The molecule has 0 heterocycles. The second kappa shape index (κ2) is 12.7. The highest BCUT2D eigenvalue weighted by molar-refractivity contribution is 6.32. The molecule has 146 valence electrons. The van der Waals surface area contributed by atoms with Gasteiger partial charge in [0.05, 0.1) is 24.7 Å². The van der Waals surface area contributed by atoms with Gasteiger partial charge in [-0.15, -0.1) is 0 Å². The van der Waals surface area contributed by atoms with Crippen LogP contribution in [0.1, 0.15) is 65.2 Å². The van der Waals surface area contributed by atoms with Crippen molar-refractivity contribution < 1.29 is 19.1 Å². The lowest BCUT2D eigenvalue weighted by molar-refractivity contribution is -0.130. The van der Waals surface area contributed by atoms with Gasteiger partial charge in [-0.2, -0.15) is 0 Å². The highest BCUT2D eigenvalue weighted by Crippen LogP contribution is 2.28. The molecule has 0 spiro atoms. The largest absolute Gasteiger partial charge is 0.497 e. The van der Waals surface area contributed by atoms with E-state index in [0.29, 0.717) is 23.8 Å². The third-order valence-corrected chi connectivity index (χ3v) is 4.81. The van der Waals surface area contributed by atoms with Crippen LogP contribution >= 0.6 is 11.6 Å². The molecule has 1 rings (SSSR count). The molecule has 0 aromatic heterocycles. The third kappa shape index (κ3) is 8.70. The summed E-state index contributed by atoms with van der Waals surface area (Å²) in [6, 6.07) is 5.42. The number of ketones is 2. The van der Waals surface area contributed by atoms with E-state index in [9.17, 15) is 9.59 Å². The van der Waals surface area contributed by atoms with Crippen molar-refractivity contribution in [1.29, 1.82) is 0 Å². The predicted octanol–water partition coefficient (Wildman–Crippen LogP) is 5.64. The van der Waals surface area contributed by atoms with Crippen LogP contribution in [0, 0.1) is 5.92 Å². The van der Waals surface area contributed by atoms with Gasteiger partial charge in [-0.05, 0) is 38.8 Å². The standard InChI is InChI=1S/C21H31ClO4/c1-16(23)19(17(2)24)11-9-7-5-4-6-8-10-14-26-21-13-12-18(25-3)15-20(21)22/h12-13,15,19H,4-11,14H2,1-3H3. The van der Waals surface area contributed by atoms with Crippen molar-refractivity contribution >= 4 is 23.2 Å². The molecule has 0 atom stereocenters. The Morgan fingerprint density at radius 2 is 1.54 bits per heavy atom. The highest BCUT2D eigenvalue weighted by Gasteiger charge is 2.18. The molecule has 4 nitrogen and oxygen atoms in total. The molecule has 0 bridgehead atoms. The van der Waals surface area contributed by atoms with Crippen LogP contribution in [0.15, 0.2) is 18.2 Å². The number of benzene rings is 1. The summed E-state index contributed by atoms with van der Waals surface area (Å²) >= 11 is 6.13. The van der Waals surface area contributed by atoms with Crippen LogP contribution in [0.3, 0.4) is 0 Å². The lowest BCUT2D eigenvalue weighted by atomic mass is 9.93.